The fourth-order valence-electron chi connectivity index (χ4n) is 5.20. The Hall–Kier alpha value is -3.11. The first-order chi connectivity index (χ1) is 15.6. The van der Waals surface area contributed by atoms with E-state index in [1.807, 2.05) is 14.1 Å². The van der Waals surface area contributed by atoms with E-state index < -0.39 is 0 Å². The minimum Gasteiger partial charge on any atom is -0.448 e. The van der Waals surface area contributed by atoms with Gasteiger partial charge in [0.05, 0.1) is 0 Å². The lowest BCUT2D eigenvalue weighted by Crippen LogP contribution is -2.32. The molecule has 3 aromatic carbocycles. The molecule has 1 unspecified atom stereocenters. The van der Waals surface area contributed by atoms with Gasteiger partial charge < -0.3 is 15.0 Å². The number of amides is 1. The second-order valence-electron chi connectivity index (χ2n) is 8.99. The number of nitrogens with one attached hydrogen (secondary N) is 1. The highest BCUT2D eigenvalue weighted by atomic mass is 16.6. The van der Waals surface area contributed by atoms with E-state index in [1.54, 1.807) is 4.90 Å². The van der Waals surface area contributed by atoms with Crippen LogP contribution < -0.4 is 5.32 Å². The highest BCUT2D eigenvalue weighted by molar-refractivity contribution is 5.79. The summed E-state index contributed by atoms with van der Waals surface area (Å²) in [5.41, 5.74) is 8.94. The minimum absolute atomic E-state index is 0.0867. The van der Waals surface area contributed by atoms with Crippen molar-refractivity contribution in [1.29, 1.82) is 0 Å². The average molecular weight is 427 g/mol. The number of likely N-dealkylation sites (N-methyl/N-ethyl adjacent to an activating group) is 1. The number of carbonyl (C=O) groups is 1. The van der Waals surface area contributed by atoms with Gasteiger partial charge in [-0.1, -0.05) is 66.7 Å². The van der Waals surface area contributed by atoms with Gasteiger partial charge in [0, 0.05) is 25.6 Å². The maximum atomic E-state index is 12.8. The molecule has 4 nitrogen and oxygen atoms in total. The van der Waals surface area contributed by atoms with Crippen LogP contribution in [-0.4, -0.2) is 37.7 Å². The second kappa shape index (κ2) is 8.79. The summed E-state index contributed by atoms with van der Waals surface area (Å²) >= 11 is 0. The Morgan fingerprint density at radius 3 is 2.38 bits per heavy atom. The number of fused-ring (bicyclic) bond motifs is 4. The smallest absolute Gasteiger partial charge is 0.409 e. The van der Waals surface area contributed by atoms with Gasteiger partial charge >= 0.3 is 6.09 Å². The Morgan fingerprint density at radius 1 is 1.00 bits per heavy atom. The standard InChI is InChI=1S/C28H30N2O2/c1-29-22-14-13-20-15-19(11-12-21(20)16-22)17-30(2)28(31)32-18-27-25-9-5-3-7-23(25)24-8-4-6-10-26(24)27/h3-12,15,22,27,29H,13-14,16-18H2,1-2H3. The van der Waals surface area contributed by atoms with Gasteiger partial charge in [0.1, 0.15) is 6.61 Å². The molecule has 1 amide bonds. The topological polar surface area (TPSA) is 41.6 Å². The molecule has 0 saturated carbocycles. The minimum atomic E-state index is -0.278. The summed E-state index contributed by atoms with van der Waals surface area (Å²) in [6.07, 6.45) is 3.05. The van der Waals surface area contributed by atoms with Crippen LogP contribution in [0.4, 0.5) is 4.79 Å². The maximum Gasteiger partial charge on any atom is 0.409 e. The molecule has 0 fully saturated rings. The van der Waals surface area contributed by atoms with E-state index in [0.717, 1.165) is 24.8 Å². The van der Waals surface area contributed by atoms with E-state index in [1.165, 1.54) is 33.4 Å². The molecule has 1 atom stereocenters. The predicted molar refractivity (Wildman–Crippen MR) is 128 cm³/mol. The number of benzene rings is 3. The molecule has 0 saturated heterocycles. The third-order valence-corrected chi connectivity index (χ3v) is 6.97. The summed E-state index contributed by atoms with van der Waals surface area (Å²) in [7, 11) is 3.85. The predicted octanol–water partition coefficient (Wildman–Crippen LogP) is 5.14. The summed E-state index contributed by atoms with van der Waals surface area (Å²) in [6, 6.07) is 24.0. The first-order valence-electron chi connectivity index (χ1n) is 11.5. The quantitative estimate of drug-likeness (QED) is 0.614. The number of nitrogens with zero attached hydrogens (tertiary/aromatic N) is 1. The van der Waals surface area contributed by atoms with Gasteiger partial charge in [-0.25, -0.2) is 4.79 Å². The molecule has 5 rings (SSSR count). The van der Waals surface area contributed by atoms with Crippen LogP contribution in [0.15, 0.2) is 66.7 Å². The SMILES string of the molecule is CNC1CCc2cc(CN(C)C(=O)OCC3c4ccccc4-c4ccccc43)ccc2C1. The van der Waals surface area contributed by atoms with Gasteiger partial charge in [0.2, 0.25) is 0 Å². The molecule has 0 heterocycles. The number of carbonyl (C=O) groups excluding carboxylic acids is 1. The first-order valence-corrected chi connectivity index (χ1v) is 11.5. The molecule has 0 aliphatic heterocycles. The van der Waals surface area contributed by atoms with Crippen LogP contribution in [-0.2, 0) is 24.1 Å². The van der Waals surface area contributed by atoms with Gasteiger partial charge in [0.25, 0.3) is 0 Å². The molecule has 0 radical (unpaired) electrons. The van der Waals surface area contributed by atoms with Crippen molar-refractivity contribution in [2.24, 2.45) is 0 Å². The van der Waals surface area contributed by atoms with E-state index in [4.69, 9.17) is 4.74 Å². The molecule has 164 valence electrons. The highest BCUT2D eigenvalue weighted by Gasteiger charge is 2.29. The van der Waals surface area contributed by atoms with Crippen molar-refractivity contribution in [2.75, 3.05) is 20.7 Å². The first kappa shape index (κ1) is 20.8. The zero-order valence-corrected chi connectivity index (χ0v) is 18.8. The second-order valence-corrected chi connectivity index (χ2v) is 8.99. The van der Waals surface area contributed by atoms with Crippen molar-refractivity contribution < 1.29 is 9.53 Å². The van der Waals surface area contributed by atoms with Crippen LogP contribution in [0.25, 0.3) is 11.1 Å². The van der Waals surface area contributed by atoms with Crippen molar-refractivity contribution in [3.8, 4) is 11.1 Å². The summed E-state index contributed by atoms with van der Waals surface area (Å²) in [6.45, 7) is 0.909. The molecule has 4 heteroatoms. The molecule has 0 spiro atoms. The molecule has 0 aromatic heterocycles. The van der Waals surface area contributed by atoms with Gasteiger partial charge in [0.15, 0.2) is 0 Å². The van der Waals surface area contributed by atoms with E-state index >= 15 is 0 Å². The summed E-state index contributed by atoms with van der Waals surface area (Å²) in [5, 5.41) is 3.39. The van der Waals surface area contributed by atoms with Gasteiger partial charge in [-0.2, -0.15) is 0 Å². The molecule has 2 aliphatic rings. The van der Waals surface area contributed by atoms with Crippen LogP contribution in [0.5, 0.6) is 0 Å². The average Bonchev–Trinajstić information content (AvgIpc) is 3.16. The van der Waals surface area contributed by atoms with Crippen LogP contribution in [0.3, 0.4) is 0 Å². The van der Waals surface area contributed by atoms with Crippen molar-refractivity contribution in [3.63, 3.8) is 0 Å². The monoisotopic (exact) mass is 426 g/mol. The lowest BCUT2D eigenvalue weighted by molar-refractivity contribution is 0.106. The third-order valence-electron chi connectivity index (χ3n) is 6.97. The summed E-state index contributed by atoms with van der Waals surface area (Å²) in [5.74, 6) is 0.0867. The Labute approximate surface area is 190 Å². The Kier molecular flexibility index (Phi) is 5.71. The van der Waals surface area contributed by atoms with Crippen LogP contribution in [0, 0.1) is 0 Å². The molecule has 2 aliphatic carbocycles. The van der Waals surface area contributed by atoms with Gasteiger partial charge in [-0.3, -0.25) is 0 Å². The fraction of sp³-hybridized carbons (Fsp3) is 0.321. The third kappa shape index (κ3) is 3.91. The summed E-state index contributed by atoms with van der Waals surface area (Å²) in [4.78, 5) is 14.5. The summed E-state index contributed by atoms with van der Waals surface area (Å²) < 4.78 is 5.79. The van der Waals surface area contributed by atoms with E-state index in [2.05, 4.69) is 72.0 Å². The molecule has 32 heavy (non-hydrogen) atoms. The maximum absolute atomic E-state index is 12.8. The lowest BCUT2D eigenvalue weighted by Gasteiger charge is -2.25. The largest absolute Gasteiger partial charge is 0.448 e. The van der Waals surface area contributed by atoms with Crippen molar-refractivity contribution in [1.82, 2.24) is 10.2 Å². The van der Waals surface area contributed by atoms with E-state index in [9.17, 15) is 4.79 Å². The van der Waals surface area contributed by atoms with Crippen LogP contribution in [0.2, 0.25) is 0 Å². The number of ether oxygens (including phenoxy) is 1. The number of rotatable bonds is 5. The fourth-order valence-corrected chi connectivity index (χ4v) is 5.20. The normalized spacial score (nSPS) is 16.8. The molecule has 3 aromatic rings. The van der Waals surface area contributed by atoms with Crippen LogP contribution >= 0.6 is 0 Å². The number of hydrogen-bond acceptors (Lipinski definition) is 3. The Balaban J connectivity index is 1.24. The molecular formula is C28H30N2O2. The van der Waals surface area contributed by atoms with Crippen molar-refractivity contribution in [3.05, 3.63) is 94.5 Å². The van der Waals surface area contributed by atoms with Gasteiger partial charge in [-0.05, 0) is 65.3 Å². The van der Waals surface area contributed by atoms with E-state index in [-0.39, 0.29) is 12.0 Å². The van der Waals surface area contributed by atoms with Crippen molar-refractivity contribution in [2.45, 2.75) is 37.8 Å². The zero-order chi connectivity index (χ0) is 22.1. The number of aryl methyl sites for hydroxylation is 1. The van der Waals surface area contributed by atoms with Crippen molar-refractivity contribution >= 4 is 6.09 Å². The lowest BCUT2D eigenvalue weighted by atomic mass is 9.87. The molecule has 0 bridgehead atoms. The van der Waals surface area contributed by atoms with E-state index in [0.29, 0.717) is 19.2 Å². The van der Waals surface area contributed by atoms with Gasteiger partial charge in [-0.15, -0.1) is 0 Å². The Bertz CT molecular complexity index is 1090. The molecular weight excluding hydrogens is 396 g/mol. The molecule has 1 N–H and O–H groups in total. The van der Waals surface area contributed by atoms with Crippen LogP contribution in [0.1, 0.15) is 40.2 Å². The number of hydrogen-bond donors (Lipinski definition) is 1. The highest BCUT2D eigenvalue weighted by Crippen LogP contribution is 2.44. The zero-order valence-electron chi connectivity index (χ0n) is 18.8. The Morgan fingerprint density at radius 2 is 1.69 bits per heavy atom.